The molecule has 2 aliphatic carbocycles. The van der Waals surface area contributed by atoms with Gasteiger partial charge in [-0.25, -0.2) is 4.79 Å². The summed E-state index contributed by atoms with van der Waals surface area (Å²) >= 11 is 0. The molecule has 2 saturated carbocycles. The minimum absolute atomic E-state index is 0.115. The number of amides is 1. The quantitative estimate of drug-likeness (QED) is 0.865. The molecule has 0 spiro atoms. The van der Waals surface area contributed by atoms with Crippen LogP contribution in [0.2, 0.25) is 0 Å². The smallest absolute Gasteiger partial charge is 0.329 e. The molecule has 1 amide bonds. The topological polar surface area (TPSA) is 66.4 Å². The molecule has 0 heterocycles. The van der Waals surface area contributed by atoms with Gasteiger partial charge in [-0.15, -0.1) is 0 Å². The molecule has 3 rings (SSSR count). The van der Waals surface area contributed by atoms with Crippen molar-refractivity contribution in [2.45, 2.75) is 43.6 Å². The fraction of sp³-hybridized carbons (Fsp3) is 0.500. The molecule has 106 valence electrons. The molecule has 2 fully saturated rings. The normalized spacial score (nSPS) is 26.4. The van der Waals surface area contributed by atoms with E-state index in [1.807, 2.05) is 18.2 Å². The van der Waals surface area contributed by atoms with Gasteiger partial charge in [0.2, 0.25) is 5.91 Å². The molecule has 4 nitrogen and oxygen atoms in total. The fourth-order valence-electron chi connectivity index (χ4n) is 3.06. The molecule has 0 aromatic heterocycles. The minimum atomic E-state index is -0.978. The van der Waals surface area contributed by atoms with Crippen LogP contribution in [-0.4, -0.2) is 22.5 Å². The summed E-state index contributed by atoms with van der Waals surface area (Å²) in [4.78, 5) is 23.2. The third-order valence-corrected chi connectivity index (χ3v) is 4.59. The SMILES string of the molecule is O=C(C[C@@H]1C[C@H]1c1ccccc1)NC1(C(=O)O)CCC1. The van der Waals surface area contributed by atoms with Crippen molar-refractivity contribution in [3.8, 4) is 0 Å². The Labute approximate surface area is 118 Å². The number of hydrogen-bond donors (Lipinski definition) is 2. The Hall–Kier alpha value is -1.84. The molecule has 0 radical (unpaired) electrons. The second-order valence-electron chi connectivity index (χ2n) is 6.01. The van der Waals surface area contributed by atoms with Gasteiger partial charge in [-0.2, -0.15) is 0 Å². The average molecular weight is 273 g/mol. The molecule has 2 atom stereocenters. The molecular formula is C16H19NO3. The highest BCUT2D eigenvalue weighted by atomic mass is 16.4. The van der Waals surface area contributed by atoms with Crippen LogP contribution in [0, 0.1) is 5.92 Å². The molecule has 2 N–H and O–H groups in total. The van der Waals surface area contributed by atoms with E-state index in [9.17, 15) is 14.7 Å². The van der Waals surface area contributed by atoms with Gasteiger partial charge in [0, 0.05) is 6.42 Å². The van der Waals surface area contributed by atoms with Crippen molar-refractivity contribution in [2.75, 3.05) is 0 Å². The summed E-state index contributed by atoms with van der Waals surface area (Å²) in [5.74, 6) is -0.185. The second-order valence-corrected chi connectivity index (χ2v) is 6.01. The van der Waals surface area contributed by atoms with E-state index >= 15 is 0 Å². The number of hydrogen-bond acceptors (Lipinski definition) is 2. The third-order valence-electron chi connectivity index (χ3n) is 4.59. The van der Waals surface area contributed by atoms with Gasteiger partial charge in [0.15, 0.2) is 0 Å². The van der Waals surface area contributed by atoms with E-state index in [4.69, 9.17) is 0 Å². The van der Waals surface area contributed by atoms with Crippen LogP contribution >= 0.6 is 0 Å². The molecule has 4 heteroatoms. The van der Waals surface area contributed by atoms with Gasteiger partial charge in [-0.05, 0) is 43.1 Å². The summed E-state index contributed by atoms with van der Waals surface area (Å²) < 4.78 is 0. The van der Waals surface area contributed by atoms with Crippen molar-refractivity contribution in [1.29, 1.82) is 0 Å². The Morgan fingerprint density at radius 3 is 2.50 bits per heavy atom. The molecule has 1 aromatic carbocycles. The number of carboxylic acid groups (broad SMARTS) is 1. The van der Waals surface area contributed by atoms with E-state index in [0.29, 0.717) is 31.1 Å². The third kappa shape index (κ3) is 2.42. The molecule has 0 saturated heterocycles. The summed E-state index contributed by atoms with van der Waals surface area (Å²) in [6.07, 6.45) is 3.45. The number of carbonyl (C=O) groups is 2. The molecular weight excluding hydrogens is 254 g/mol. The first-order valence-electron chi connectivity index (χ1n) is 7.20. The van der Waals surface area contributed by atoms with E-state index in [0.717, 1.165) is 12.8 Å². The number of aliphatic carboxylic acids is 1. The Morgan fingerprint density at radius 1 is 1.25 bits per heavy atom. The van der Waals surface area contributed by atoms with Gasteiger partial charge in [0.05, 0.1) is 0 Å². The molecule has 20 heavy (non-hydrogen) atoms. The zero-order valence-electron chi connectivity index (χ0n) is 11.3. The highest BCUT2D eigenvalue weighted by molar-refractivity contribution is 5.88. The Morgan fingerprint density at radius 2 is 1.95 bits per heavy atom. The molecule has 0 unspecified atom stereocenters. The van der Waals surface area contributed by atoms with Crippen LogP contribution < -0.4 is 5.32 Å². The van der Waals surface area contributed by atoms with Crippen LogP contribution in [0.4, 0.5) is 0 Å². The van der Waals surface area contributed by atoms with Gasteiger partial charge in [0.1, 0.15) is 5.54 Å². The van der Waals surface area contributed by atoms with E-state index in [1.165, 1.54) is 5.56 Å². The molecule has 0 bridgehead atoms. The van der Waals surface area contributed by atoms with E-state index < -0.39 is 11.5 Å². The van der Waals surface area contributed by atoms with Crippen molar-refractivity contribution < 1.29 is 14.7 Å². The minimum Gasteiger partial charge on any atom is -0.480 e. The fourth-order valence-corrected chi connectivity index (χ4v) is 3.06. The summed E-state index contributed by atoms with van der Waals surface area (Å²) in [6, 6.07) is 10.2. The highest BCUT2D eigenvalue weighted by Gasteiger charge is 2.47. The van der Waals surface area contributed by atoms with Crippen molar-refractivity contribution in [3.63, 3.8) is 0 Å². The Kier molecular flexibility index (Phi) is 3.24. The number of benzene rings is 1. The summed E-state index contributed by atoms with van der Waals surface area (Å²) in [5, 5.41) is 11.9. The lowest BCUT2D eigenvalue weighted by Crippen LogP contribution is -2.59. The molecule has 1 aromatic rings. The lowest BCUT2D eigenvalue weighted by molar-refractivity contribution is -0.151. The monoisotopic (exact) mass is 273 g/mol. The first-order valence-corrected chi connectivity index (χ1v) is 7.20. The van der Waals surface area contributed by atoms with E-state index in [1.54, 1.807) is 0 Å². The zero-order chi connectivity index (χ0) is 14.2. The number of carbonyl (C=O) groups excluding carboxylic acids is 1. The predicted octanol–water partition coefficient (Wildman–Crippen LogP) is 2.30. The first-order chi connectivity index (χ1) is 9.61. The van der Waals surface area contributed by atoms with Crippen molar-refractivity contribution in [3.05, 3.63) is 35.9 Å². The average Bonchev–Trinajstić information content (AvgIpc) is 3.13. The van der Waals surface area contributed by atoms with Gasteiger partial charge in [-0.3, -0.25) is 4.79 Å². The van der Waals surface area contributed by atoms with Crippen LogP contribution in [0.3, 0.4) is 0 Å². The maximum Gasteiger partial charge on any atom is 0.329 e. The van der Waals surface area contributed by atoms with Crippen LogP contribution in [-0.2, 0) is 9.59 Å². The molecule has 2 aliphatic rings. The maximum absolute atomic E-state index is 12.0. The second kappa shape index (κ2) is 4.93. The van der Waals surface area contributed by atoms with E-state index in [-0.39, 0.29) is 5.91 Å². The van der Waals surface area contributed by atoms with Crippen LogP contribution in [0.25, 0.3) is 0 Å². The summed E-state index contributed by atoms with van der Waals surface area (Å²) in [5.41, 5.74) is 0.302. The first kappa shape index (κ1) is 13.2. The number of nitrogens with one attached hydrogen (secondary N) is 1. The predicted molar refractivity (Wildman–Crippen MR) is 74.3 cm³/mol. The standard InChI is InChI=1S/C16H19NO3/c18-14(17-16(15(19)20)7-4-8-16)10-12-9-13(12)11-5-2-1-3-6-11/h1-3,5-6,12-13H,4,7-10H2,(H,17,18)(H,19,20)/t12-,13-/m0/s1. The Bertz CT molecular complexity index is 522. The van der Waals surface area contributed by atoms with Crippen LogP contribution in [0.5, 0.6) is 0 Å². The van der Waals surface area contributed by atoms with Crippen molar-refractivity contribution in [1.82, 2.24) is 5.32 Å². The lowest BCUT2D eigenvalue weighted by atomic mass is 9.76. The van der Waals surface area contributed by atoms with E-state index in [2.05, 4.69) is 17.4 Å². The highest BCUT2D eigenvalue weighted by Crippen LogP contribution is 2.49. The van der Waals surface area contributed by atoms with Gasteiger partial charge >= 0.3 is 5.97 Å². The maximum atomic E-state index is 12.0. The van der Waals surface area contributed by atoms with Gasteiger partial charge < -0.3 is 10.4 Å². The number of carboxylic acids is 1. The van der Waals surface area contributed by atoms with Gasteiger partial charge in [0.25, 0.3) is 0 Å². The zero-order valence-corrected chi connectivity index (χ0v) is 11.3. The molecule has 0 aliphatic heterocycles. The summed E-state index contributed by atoms with van der Waals surface area (Å²) in [6.45, 7) is 0. The number of rotatable bonds is 5. The summed E-state index contributed by atoms with van der Waals surface area (Å²) in [7, 11) is 0. The van der Waals surface area contributed by atoms with Crippen LogP contribution in [0.1, 0.15) is 43.6 Å². The van der Waals surface area contributed by atoms with Gasteiger partial charge in [-0.1, -0.05) is 30.3 Å². The Balaban J connectivity index is 1.53. The van der Waals surface area contributed by atoms with Crippen LogP contribution in [0.15, 0.2) is 30.3 Å². The van der Waals surface area contributed by atoms with Crippen molar-refractivity contribution in [2.24, 2.45) is 5.92 Å². The largest absolute Gasteiger partial charge is 0.480 e. The van der Waals surface area contributed by atoms with Crippen molar-refractivity contribution >= 4 is 11.9 Å². The lowest BCUT2D eigenvalue weighted by Gasteiger charge is -2.38.